The molecule has 0 saturated carbocycles. The molecule has 1 aromatic heterocycles. The molecule has 1 aliphatic rings. The van der Waals surface area contributed by atoms with Crippen LogP contribution in [-0.4, -0.2) is 57.6 Å². The maximum atomic E-state index is 13.3. The highest BCUT2D eigenvalue weighted by molar-refractivity contribution is 6.04. The first-order chi connectivity index (χ1) is 13.5. The highest BCUT2D eigenvalue weighted by atomic mass is 16.2. The van der Waals surface area contributed by atoms with Crippen molar-refractivity contribution in [2.75, 3.05) is 26.2 Å². The molecule has 0 N–H and O–H groups in total. The molecular weight excluding hydrogens is 356 g/mol. The molecule has 150 valence electrons. The van der Waals surface area contributed by atoms with Crippen LogP contribution in [0.4, 0.5) is 0 Å². The lowest BCUT2D eigenvalue weighted by molar-refractivity contribution is -0.128. The first kappa shape index (κ1) is 20.0. The number of fused-ring (bicyclic) bond motifs is 1. The third kappa shape index (κ3) is 4.24. The summed E-state index contributed by atoms with van der Waals surface area (Å²) < 4.78 is 1.44. The average molecular weight is 384 g/mol. The molecule has 7 nitrogen and oxygen atoms in total. The predicted octanol–water partition coefficient (Wildman–Crippen LogP) is 2.28. The number of aryl methyl sites for hydroxylation is 1. The van der Waals surface area contributed by atoms with Crippen molar-refractivity contribution in [1.82, 2.24) is 19.6 Å². The Morgan fingerprint density at radius 1 is 1.00 bits per heavy atom. The molecule has 28 heavy (non-hydrogen) atoms. The van der Waals surface area contributed by atoms with Crippen molar-refractivity contribution in [3.05, 3.63) is 40.3 Å². The molecule has 0 spiro atoms. The normalized spacial score (nSPS) is 14.9. The van der Waals surface area contributed by atoms with Crippen LogP contribution in [0, 0.1) is 0 Å². The Kier molecular flexibility index (Phi) is 6.44. The van der Waals surface area contributed by atoms with Gasteiger partial charge in [-0.05, 0) is 18.9 Å². The van der Waals surface area contributed by atoms with Crippen LogP contribution < -0.4 is 5.56 Å². The van der Waals surface area contributed by atoms with Gasteiger partial charge in [-0.15, -0.1) is 0 Å². The Bertz CT molecular complexity index is 921. The van der Waals surface area contributed by atoms with E-state index >= 15 is 0 Å². The molecule has 2 heterocycles. The number of aromatic nitrogens is 2. The summed E-state index contributed by atoms with van der Waals surface area (Å²) in [5.74, 6) is -0.145. The molecule has 1 fully saturated rings. The Labute approximate surface area is 164 Å². The van der Waals surface area contributed by atoms with Crippen LogP contribution in [0.25, 0.3) is 10.8 Å². The van der Waals surface area contributed by atoms with Gasteiger partial charge in [0.2, 0.25) is 5.91 Å². The van der Waals surface area contributed by atoms with E-state index in [4.69, 9.17) is 0 Å². The first-order valence-corrected chi connectivity index (χ1v) is 10.1. The zero-order valence-electron chi connectivity index (χ0n) is 16.7. The molecular formula is C21H28N4O3. The van der Waals surface area contributed by atoms with Crippen molar-refractivity contribution in [1.29, 1.82) is 0 Å². The van der Waals surface area contributed by atoms with Crippen LogP contribution in [0.5, 0.6) is 0 Å². The highest BCUT2D eigenvalue weighted by Gasteiger charge is 2.25. The van der Waals surface area contributed by atoms with Gasteiger partial charge in [-0.2, -0.15) is 5.10 Å². The zero-order chi connectivity index (χ0) is 20.1. The van der Waals surface area contributed by atoms with Gasteiger partial charge >= 0.3 is 0 Å². The summed E-state index contributed by atoms with van der Waals surface area (Å²) >= 11 is 0. The molecule has 0 radical (unpaired) electrons. The smallest absolute Gasteiger partial charge is 0.275 e. The Morgan fingerprint density at radius 3 is 2.39 bits per heavy atom. The number of rotatable bonds is 5. The van der Waals surface area contributed by atoms with E-state index in [1.165, 1.54) is 4.68 Å². The van der Waals surface area contributed by atoms with Gasteiger partial charge in [0.15, 0.2) is 5.69 Å². The van der Waals surface area contributed by atoms with E-state index in [-0.39, 0.29) is 17.4 Å². The lowest BCUT2D eigenvalue weighted by Crippen LogP contribution is -2.38. The van der Waals surface area contributed by atoms with Crippen LogP contribution in [0.15, 0.2) is 29.1 Å². The number of carbonyl (C=O) groups is 2. The maximum absolute atomic E-state index is 13.3. The average Bonchev–Trinajstić information content (AvgIpc) is 2.96. The van der Waals surface area contributed by atoms with Gasteiger partial charge in [-0.1, -0.05) is 38.0 Å². The van der Waals surface area contributed by atoms with Crippen LogP contribution in [-0.2, 0) is 11.3 Å². The van der Waals surface area contributed by atoms with E-state index < -0.39 is 0 Å². The number of unbranched alkanes of at least 4 members (excludes halogenated alkanes) is 2. The second-order valence-electron chi connectivity index (χ2n) is 7.28. The third-order valence-corrected chi connectivity index (χ3v) is 5.27. The molecule has 1 saturated heterocycles. The van der Waals surface area contributed by atoms with E-state index in [2.05, 4.69) is 12.0 Å². The Hall–Kier alpha value is -2.70. The molecule has 0 aliphatic carbocycles. The monoisotopic (exact) mass is 384 g/mol. The molecule has 0 unspecified atom stereocenters. The second kappa shape index (κ2) is 8.99. The second-order valence-corrected chi connectivity index (χ2v) is 7.28. The van der Waals surface area contributed by atoms with Crippen molar-refractivity contribution < 1.29 is 9.59 Å². The van der Waals surface area contributed by atoms with Gasteiger partial charge in [-0.3, -0.25) is 14.4 Å². The standard InChI is InChI=1S/C21H28N4O3/c1-3-4-7-13-25-20(27)18-10-6-5-9-17(18)19(22-25)21(28)24-12-8-11-23(14-15-24)16(2)26/h5-6,9-10H,3-4,7-8,11-15H2,1-2H3. The molecule has 1 aromatic carbocycles. The van der Waals surface area contributed by atoms with E-state index in [0.29, 0.717) is 49.2 Å². The fraction of sp³-hybridized carbons (Fsp3) is 0.524. The first-order valence-electron chi connectivity index (χ1n) is 10.1. The minimum Gasteiger partial charge on any atom is -0.341 e. The van der Waals surface area contributed by atoms with Gasteiger partial charge < -0.3 is 9.80 Å². The minimum absolute atomic E-state index is 0.0300. The summed E-state index contributed by atoms with van der Waals surface area (Å²) in [5, 5.41) is 5.58. The largest absolute Gasteiger partial charge is 0.341 e. The molecule has 2 amide bonds. The summed E-state index contributed by atoms with van der Waals surface area (Å²) in [6.45, 7) is 6.40. The van der Waals surface area contributed by atoms with Crippen LogP contribution in [0.2, 0.25) is 0 Å². The van der Waals surface area contributed by atoms with E-state index in [9.17, 15) is 14.4 Å². The summed E-state index contributed by atoms with van der Waals surface area (Å²) in [4.78, 5) is 41.2. The van der Waals surface area contributed by atoms with Crippen LogP contribution in [0.3, 0.4) is 0 Å². The number of amides is 2. The van der Waals surface area contributed by atoms with Crippen molar-refractivity contribution in [3.63, 3.8) is 0 Å². The quantitative estimate of drug-likeness (QED) is 0.741. The number of hydrogen-bond acceptors (Lipinski definition) is 4. The minimum atomic E-state index is -0.175. The van der Waals surface area contributed by atoms with E-state index in [0.717, 1.165) is 25.7 Å². The fourth-order valence-corrected chi connectivity index (χ4v) is 3.64. The van der Waals surface area contributed by atoms with Crippen molar-refractivity contribution >= 4 is 22.6 Å². The van der Waals surface area contributed by atoms with Gasteiger partial charge in [0.1, 0.15) is 0 Å². The predicted molar refractivity (Wildman–Crippen MR) is 108 cm³/mol. The SMILES string of the molecule is CCCCCn1nc(C(=O)N2CCCN(C(C)=O)CC2)c2ccccc2c1=O. The number of nitrogens with zero attached hydrogens (tertiary/aromatic N) is 4. The number of hydrogen-bond donors (Lipinski definition) is 0. The van der Waals surface area contributed by atoms with Crippen LogP contribution >= 0.6 is 0 Å². The zero-order valence-corrected chi connectivity index (χ0v) is 16.7. The lowest BCUT2D eigenvalue weighted by Gasteiger charge is -2.22. The van der Waals surface area contributed by atoms with Gasteiger partial charge in [0.25, 0.3) is 11.5 Å². The molecule has 7 heteroatoms. The van der Waals surface area contributed by atoms with Gasteiger partial charge in [0.05, 0.1) is 5.39 Å². The molecule has 3 rings (SSSR count). The van der Waals surface area contributed by atoms with Gasteiger partial charge in [0, 0.05) is 45.0 Å². The fourth-order valence-electron chi connectivity index (χ4n) is 3.64. The summed E-state index contributed by atoms with van der Waals surface area (Å²) in [7, 11) is 0. The summed E-state index contributed by atoms with van der Waals surface area (Å²) in [6.07, 6.45) is 3.65. The van der Waals surface area contributed by atoms with Crippen molar-refractivity contribution in [2.45, 2.75) is 46.1 Å². The molecule has 1 aliphatic heterocycles. The lowest BCUT2D eigenvalue weighted by atomic mass is 10.1. The van der Waals surface area contributed by atoms with Gasteiger partial charge in [-0.25, -0.2) is 4.68 Å². The number of carbonyl (C=O) groups excluding carboxylic acids is 2. The van der Waals surface area contributed by atoms with Crippen molar-refractivity contribution in [2.24, 2.45) is 0 Å². The maximum Gasteiger partial charge on any atom is 0.275 e. The topological polar surface area (TPSA) is 75.5 Å². The van der Waals surface area contributed by atoms with E-state index in [1.807, 2.05) is 12.1 Å². The summed E-state index contributed by atoms with van der Waals surface area (Å²) in [6, 6.07) is 7.17. The summed E-state index contributed by atoms with van der Waals surface area (Å²) in [5.41, 5.74) is 0.171. The highest BCUT2D eigenvalue weighted by Crippen LogP contribution is 2.17. The van der Waals surface area contributed by atoms with E-state index in [1.54, 1.807) is 28.9 Å². The molecule has 0 bridgehead atoms. The Balaban J connectivity index is 1.94. The molecule has 2 aromatic rings. The Morgan fingerprint density at radius 2 is 1.68 bits per heavy atom. The van der Waals surface area contributed by atoms with Crippen LogP contribution in [0.1, 0.15) is 50.0 Å². The number of benzene rings is 1. The molecule has 0 atom stereocenters. The third-order valence-electron chi connectivity index (χ3n) is 5.27. The van der Waals surface area contributed by atoms with Crippen molar-refractivity contribution in [3.8, 4) is 0 Å².